The summed E-state index contributed by atoms with van der Waals surface area (Å²) in [6.07, 6.45) is 0. The molecule has 0 fully saturated rings. The van der Waals surface area contributed by atoms with Gasteiger partial charge in [-0.05, 0) is 31.5 Å². The fourth-order valence-electron chi connectivity index (χ4n) is 4.22. The Morgan fingerprint density at radius 3 is 1.83 bits per heavy atom. The van der Waals surface area contributed by atoms with Crippen molar-refractivity contribution >= 4 is 13.6 Å². The largest absolute Gasteiger partial charge is 0.496 e. The van der Waals surface area contributed by atoms with Gasteiger partial charge in [0.1, 0.15) is 17.2 Å². The minimum absolute atomic E-state index is 0.0651. The number of methoxy groups -OCH3 is 5. The molecular weight excluding hydrogens is 479 g/mol. The second-order valence-electron chi connectivity index (χ2n) is 7.42. The Balaban J connectivity index is 2.40. The van der Waals surface area contributed by atoms with Crippen LogP contribution in [0, 0.1) is 0 Å². The summed E-state index contributed by atoms with van der Waals surface area (Å²) in [5.41, 5.74) is -0.322. The average Bonchev–Trinajstić information content (AvgIpc) is 2.86. The number of ether oxygens (including phenoxy) is 6. The van der Waals surface area contributed by atoms with Crippen molar-refractivity contribution in [2.45, 2.75) is 25.4 Å². The molecule has 10 nitrogen and oxygen atoms in total. The number of fused-ring (bicyclic) bond motifs is 1. The lowest BCUT2D eigenvalue weighted by molar-refractivity contribution is -0.135. The lowest BCUT2D eigenvalue weighted by Crippen LogP contribution is -2.38. The van der Waals surface area contributed by atoms with E-state index in [2.05, 4.69) is 0 Å². The molecule has 2 atom stereocenters. The summed E-state index contributed by atoms with van der Waals surface area (Å²) < 4.78 is 58.4. The van der Waals surface area contributed by atoms with Gasteiger partial charge in [0.15, 0.2) is 17.2 Å². The van der Waals surface area contributed by atoms with Gasteiger partial charge in [0.05, 0.1) is 48.8 Å². The summed E-state index contributed by atoms with van der Waals surface area (Å²) in [7, 11) is 3.41. The number of carbonyl (C=O) groups is 1. The van der Waals surface area contributed by atoms with Crippen molar-refractivity contribution in [1.29, 1.82) is 0 Å². The molecule has 11 heteroatoms. The van der Waals surface area contributed by atoms with E-state index < -0.39 is 25.1 Å². The first kappa shape index (κ1) is 26.7. The van der Waals surface area contributed by atoms with Crippen LogP contribution in [-0.4, -0.2) is 60.4 Å². The minimum atomic E-state index is -4.02. The molecule has 192 valence electrons. The summed E-state index contributed by atoms with van der Waals surface area (Å²) in [5, 5.41) is 0. The van der Waals surface area contributed by atoms with Crippen LogP contribution in [0.5, 0.6) is 34.5 Å². The van der Waals surface area contributed by atoms with E-state index in [4.69, 9.17) is 37.5 Å². The summed E-state index contributed by atoms with van der Waals surface area (Å²) in [4.78, 5) is 13.4. The molecule has 0 saturated carbocycles. The second-order valence-corrected chi connectivity index (χ2v) is 9.57. The Bertz CT molecular complexity index is 1080. The van der Waals surface area contributed by atoms with E-state index in [9.17, 15) is 9.36 Å². The van der Waals surface area contributed by atoms with E-state index in [0.29, 0.717) is 39.9 Å². The van der Waals surface area contributed by atoms with Crippen molar-refractivity contribution < 1.29 is 46.8 Å². The topological polar surface area (TPSA) is 108 Å². The van der Waals surface area contributed by atoms with Crippen LogP contribution in [0.2, 0.25) is 0 Å². The smallest absolute Gasteiger partial charge is 0.345 e. The molecule has 0 aromatic heterocycles. The molecule has 3 rings (SSSR count). The van der Waals surface area contributed by atoms with Gasteiger partial charge >= 0.3 is 13.6 Å². The molecule has 0 amide bonds. The highest BCUT2D eigenvalue weighted by Gasteiger charge is 2.53. The van der Waals surface area contributed by atoms with Gasteiger partial charge in [-0.1, -0.05) is 0 Å². The second kappa shape index (κ2) is 11.2. The van der Waals surface area contributed by atoms with E-state index in [1.807, 2.05) is 0 Å². The van der Waals surface area contributed by atoms with Crippen LogP contribution in [0.1, 0.15) is 30.9 Å². The van der Waals surface area contributed by atoms with Crippen LogP contribution < -0.4 is 28.4 Å². The SMILES string of the molecule is CCOP(=O)(OCC)[C@H]1C(=O)Oc2cc(OC)cc(OC)c2[C@@H]1c1cc(OC)c(OC)c(OC)c1. The molecule has 0 unspecified atom stereocenters. The highest BCUT2D eigenvalue weighted by atomic mass is 31.2. The highest BCUT2D eigenvalue weighted by Crippen LogP contribution is 2.63. The lowest BCUT2D eigenvalue weighted by atomic mass is 9.84. The van der Waals surface area contributed by atoms with E-state index in [0.717, 1.165) is 0 Å². The number of benzene rings is 2. The standard InChI is InChI=1S/C24H31O10P/c1-8-32-35(26,33-9-2)23-20(14-10-18(29-5)22(31-7)19(11-14)30-6)21-16(28-4)12-15(27-3)13-17(21)34-24(23)25/h10-13,20,23H,8-9H2,1-7H3/t20-,23+/m0/s1. The van der Waals surface area contributed by atoms with Gasteiger partial charge in [-0.15, -0.1) is 0 Å². The molecule has 2 aromatic rings. The van der Waals surface area contributed by atoms with E-state index in [1.165, 1.54) is 35.5 Å². The molecule has 35 heavy (non-hydrogen) atoms. The maximum atomic E-state index is 14.0. The predicted molar refractivity (Wildman–Crippen MR) is 128 cm³/mol. The average molecular weight is 510 g/mol. The zero-order chi connectivity index (χ0) is 25.8. The Kier molecular flexibility index (Phi) is 8.53. The number of carbonyl (C=O) groups excluding carboxylic acids is 1. The maximum absolute atomic E-state index is 14.0. The van der Waals surface area contributed by atoms with Crippen LogP contribution in [0.3, 0.4) is 0 Å². The first-order valence-corrected chi connectivity index (χ1v) is 12.6. The molecule has 0 bridgehead atoms. The number of esters is 1. The summed E-state index contributed by atoms with van der Waals surface area (Å²) in [6, 6.07) is 6.61. The molecule has 2 aromatic carbocycles. The van der Waals surface area contributed by atoms with Gasteiger partial charge in [0, 0.05) is 23.6 Å². The van der Waals surface area contributed by atoms with Gasteiger partial charge in [-0.25, -0.2) is 0 Å². The summed E-state index contributed by atoms with van der Waals surface area (Å²) in [6.45, 7) is 3.48. The fourth-order valence-corrected chi connectivity index (χ4v) is 6.33. The fraction of sp³-hybridized carbons (Fsp3) is 0.458. The highest BCUT2D eigenvalue weighted by molar-refractivity contribution is 7.55. The normalized spacial score (nSPS) is 17.3. The van der Waals surface area contributed by atoms with Crippen LogP contribution in [-0.2, 0) is 18.4 Å². The number of hydrogen-bond donors (Lipinski definition) is 0. The third kappa shape index (κ3) is 4.91. The molecule has 1 aliphatic rings. The minimum Gasteiger partial charge on any atom is -0.496 e. The molecule has 0 saturated heterocycles. The molecule has 1 heterocycles. The van der Waals surface area contributed by atoms with E-state index >= 15 is 0 Å². The van der Waals surface area contributed by atoms with Crippen molar-refractivity contribution in [2.75, 3.05) is 48.8 Å². The monoisotopic (exact) mass is 510 g/mol. The molecular formula is C24H31O10P. The van der Waals surface area contributed by atoms with Crippen LogP contribution >= 0.6 is 7.60 Å². The van der Waals surface area contributed by atoms with E-state index in [1.54, 1.807) is 38.1 Å². The Morgan fingerprint density at radius 2 is 1.37 bits per heavy atom. The van der Waals surface area contributed by atoms with Crippen molar-refractivity contribution in [1.82, 2.24) is 0 Å². The molecule has 1 aliphatic heterocycles. The zero-order valence-electron chi connectivity index (χ0n) is 20.9. The van der Waals surface area contributed by atoms with E-state index in [-0.39, 0.29) is 19.0 Å². The van der Waals surface area contributed by atoms with Gasteiger partial charge < -0.3 is 37.5 Å². The molecule has 0 radical (unpaired) electrons. The maximum Gasteiger partial charge on any atom is 0.345 e. The van der Waals surface area contributed by atoms with Crippen molar-refractivity contribution in [3.63, 3.8) is 0 Å². The van der Waals surface area contributed by atoms with Crippen molar-refractivity contribution in [2.24, 2.45) is 0 Å². The van der Waals surface area contributed by atoms with Crippen LogP contribution in [0.15, 0.2) is 24.3 Å². The molecule has 0 aliphatic carbocycles. The predicted octanol–water partition coefficient (Wildman–Crippen LogP) is 4.42. The molecule has 0 spiro atoms. The third-order valence-corrected chi connectivity index (χ3v) is 8.04. The van der Waals surface area contributed by atoms with Crippen LogP contribution in [0.4, 0.5) is 0 Å². The number of hydrogen-bond acceptors (Lipinski definition) is 10. The Morgan fingerprint density at radius 1 is 0.800 bits per heavy atom. The third-order valence-electron chi connectivity index (χ3n) is 5.62. The zero-order valence-corrected chi connectivity index (χ0v) is 21.8. The van der Waals surface area contributed by atoms with Gasteiger partial charge in [-0.2, -0.15) is 0 Å². The lowest BCUT2D eigenvalue weighted by Gasteiger charge is -2.36. The van der Waals surface area contributed by atoms with Crippen molar-refractivity contribution in [3.8, 4) is 34.5 Å². The first-order valence-electron chi connectivity index (χ1n) is 11.0. The van der Waals surface area contributed by atoms with Gasteiger partial charge in [0.25, 0.3) is 0 Å². The number of rotatable bonds is 11. The quantitative estimate of drug-likeness (QED) is 0.245. The first-order chi connectivity index (χ1) is 16.8. The summed E-state index contributed by atoms with van der Waals surface area (Å²) >= 11 is 0. The Labute approximate surface area is 204 Å². The molecule has 0 N–H and O–H groups in total. The van der Waals surface area contributed by atoms with Gasteiger partial charge in [0.2, 0.25) is 5.75 Å². The van der Waals surface area contributed by atoms with Gasteiger partial charge in [-0.3, -0.25) is 9.36 Å². The van der Waals surface area contributed by atoms with Crippen molar-refractivity contribution in [3.05, 3.63) is 35.4 Å². The Hall–Kier alpha value is -2.94. The van der Waals surface area contributed by atoms with Crippen LogP contribution in [0.25, 0.3) is 0 Å². The summed E-state index contributed by atoms with van der Waals surface area (Å²) in [5.74, 6) is 0.451.